The number of pyridine rings is 1. The second kappa shape index (κ2) is 17.7. The van der Waals surface area contributed by atoms with Crippen molar-refractivity contribution in [1.82, 2.24) is 0 Å². The van der Waals surface area contributed by atoms with Gasteiger partial charge >= 0.3 is 17.1 Å². The van der Waals surface area contributed by atoms with Crippen LogP contribution in [0.5, 0.6) is 0 Å². The number of hydrogen-bond donors (Lipinski definition) is 1. The molecule has 1 amide bonds. The van der Waals surface area contributed by atoms with Gasteiger partial charge < -0.3 is 8.86 Å². The number of amides is 1. The van der Waals surface area contributed by atoms with E-state index in [1.165, 1.54) is 24.5 Å². The normalized spacial score (nSPS) is 12.0. The summed E-state index contributed by atoms with van der Waals surface area (Å²) in [7, 11) is -13.4. The number of aryl methyl sites for hydroxylation is 2. The van der Waals surface area contributed by atoms with Gasteiger partial charge in [-0.25, -0.2) is 31.0 Å². The van der Waals surface area contributed by atoms with E-state index in [4.69, 9.17) is 4.74 Å². The molecule has 0 radical (unpaired) electrons. The van der Waals surface area contributed by atoms with Gasteiger partial charge in [-0.1, -0.05) is 13.3 Å². The van der Waals surface area contributed by atoms with Crippen LogP contribution in [0.4, 0.5) is 42.5 Å². The third-order valence-electron chi connectivity index (χ3n) is 5.39. The molecule has 0 aliphatic carbocycles. The number of nitrogens with zero attached hydrogens (tertiary/aromatic N) is 3. The number of carbonyl (C=O) groups excluding carboxylic acids is 2. The summed E-state index contributed by atoms with van der Waals surface area (Å²) in [5.41, 5.74) is -9.91. The number of rotatable bonds is 14. The van der Waals surface area contributed by atoms with Crippen molar-refractivity contribution in [1.29, 1.82) is 0 Å². The maximum absolute atomic E-state index is 11.8. The number of aliphatic imine (C=N–C) groups is 1. The molecule has 0 spiro atoms. The number of carbonyl (C=O) groups is 1. The summed E-state index contributed by atoms with van der Waals surface area (Å²) < 4.78 is 117. The van der Waals surface area contributed by atoms with Crippen molar-refractivity contribution < 1.29 is 62.1 Å². The van der Waals surface area contributed by atoms with E-state index in [1.807, 2.05) is 0 Å². The number of aromatic nitrogens is 1. The molecule has 0 bridgehead atoms. The topological polar surface area (TPSA) is 154 Å². The van der Waals surface area contributed by atoms with Crippen LogP contribution in [-0.2, 0) is 42.5 Å². The average Bonchev–Trinajstić information content (AvgIpc) is 2.92. The van der Waals surface area contributed by atoms with Gasteiger partial charge in [0.2, 0.25) is 6.08 Å². The lowest BCUT2D eigenvalue weighted by atomic mass is 10.1. The van der Waals surface area contributed by atoms with Crippen LogP contribution in [-0.4, -0.2) is 46.6 Å². The van der Waals surface area contributed by atoms with Gasteiger partial charge in [-0.15, -0.1) is 0 Å². The van der Waals surface area contributed by atoms with E-state index in [0.29, 0.717) is 18.0 Å². The lowest BCUT2D eigenvalue weighted by molar-refractivity contribution is -0.697. The van der Waals surface area contributed by atoms with Crippen molar-refractivity contribution in [2.24, 2.45) is 4.99 Å². The number of anilines is 1. The first kappa shape index (κ1) is 38.5. The van der Waals surface area contributed by atoms with Crippen molar-refractivity contribution >= 4 is 43.6 Å². The molecule has 1 N–H and O–H groups in total. The zero-order valence-corrected chi connectivity index (χ0v) is 24.9. The molecule has 0 fully saturated rings. The monoisotopic (exact) mass is 676 g/mol. The molecular formula is C25H30F6N4O7S2. The summed E-state index contributed by atoms with van der Waals surface area (Å²) in [6.45, 7) is 3.63. The lowest BCUT2D eigenvalue weighted by Gasteiger charge is -2.22. The van der Waals surface area contributed by atoms with E-state index in [1.54, 1.807) is 24.3 Å². The number of alkyl halides is 6. The molecule has 11 nitrogen and oxygen atoms in total. The van der Waals surface area contributed by atoms with Crippen LogP contribution >= 0.6 is 0 Å². The zero-order chi connectivity index (χ0) is 33.4. The van der Waals surface area contributed by atoms with Gasteiger partial charge in [-0.2, -0.15) is 31.3 Å². The molecule has 1 heterocycles. The number of unbranched alkanes of at least 4 members (excludes halogenated alkanes) is 4. The highest BCUT2D eigenvalue weighted by Gasteiger charge is 2.46. The first-order valence-electron chi connectivity index (χ1n) is 12.9. The fraction of sp³-hybridized carbons (Fsp3) is 0.480. The Balaban J connectivity index is 0.000000546. The van der Waals surface area contributed by atoms with Crippen molar-refractivity contribution in [3.63, 3.8) is 0 Å². The van der Waals surface area contributed by atoms with E-state index >= 15 is 0 Å². The Kier molecular flexibility index (Phi) is 15.5. The number of hydrogen-bond acceptors (Lipinski definition) is 8. The summed E-state index contributed by atoms with van der Waals surface area (Å²) in [5, 5.41) is 2.65. The SMILES string of the molecule is CCCCc1cc[n+](CCCCCCOC(=O)Nc2ccc(N=C=O)cc2)cc1.O=S(=O)([N-]S(=O)(=O)C(F)(F)F)C(F)(F)F. The van der Waals surface area contributed by atoms with Gasteiger partial charge in [0.1, 0.15) is 6.54 Å². The molecule has 44 heavy (non-hydrogen) atoms. The molecule has 19 heteroatoms. The van der Waals surface area contributed by atoms with E-state index in [2.05, 4.69) is 46.3 Å². The highest BCUT2D eigenvalue weighted by molar-refractivity contribution is 8.13. The molecule has 0 aliphatic heterocycles. The minimum absolute atomic E-state index is 0.401. The quantitative estimate of drug-likeness (QED) is 0.0828. The summed E-state index contributed by atoms with van der Waals surface area (Å²) >= 11 is 0. The van der Waals surface area contributed by atoms with Crippen LogP contribution in [0.3, 0.4) is 0 Å². The Morgan fingerprint density at radius 1 is 0.886 bits per heavy atom. The molecular weight excluding hydrogens is 646 g/mol. The maximum Gasteiger partial charge on any atom is 0.480 e. The number of benzene rings is 1. The lowest BCUT2D eigenvalue weighted by Crippen LogP contribution is -2.32. The summed E-state index contributed by atoms with van der Waals surface area (Å²) in [4.78, 5) is 25.4. The molecule has 2 aromatic rings. The number of nitrogens with one attached hydrogen (secondary N) is 1. The molecule has 0 atom stereocenters. The van der Waals surface area contributed by atoms with E-state index < -0.39 is 37.2 Å². The molecule has 0 saturated heterocycles. The largest absolute Gasteiger partial charge is 0.480 e. The number of isocyanates is 1. The van der Waals surface area contributed by atoms with E-state index in [0.717, 1.165) is 42.8 Å². The molecule has 1 aromatic heterocycles. The fourth-order valence-corrected chi connectivity index (χ4v) is 4.85. The fourth-order valence-electron chi connectivity index (χ4n) is 3.14. The Labute approximate surface area is 250 Å². The molecule has 0 unspecified atom stereocenters. The molecule has 246 valence electrons. The van der Waals surface area contributed by atoms with E-state index in [9.17, 15) is 52.8 Å². The second-order valence-corrected chi connectivity index (χ2v) is 12.3. The van der Waals surface area contributed by atoms with Crippen LogP contribution in [0.25, 0.3) is 4.13 Å². The van der Waals surface area contributed by atoms with Crippen molar-refractivity contribution in [3.05, 3.63) is 58.5 Å². The maximum atomic E-state index is 11.8. The predicted molar refractivity (Wildman–Crippen MR) is 146 cm³/mol. The molecule has 2 rings (SSSR count). The summed E-state index contributed by atoms with van der Waals surface area (Å²) in [6.07, 6.45) is 13.0. The summed E-state index contributed by atoms with van der Waals surface area (Å²) in [5.74, 6) is 0. The Morgan fingerprint density at radius 3 is 1.93 bits per heavy atom. The zero-order valence-electron chi connectivity index (χ0n) is 23.3. The third kappa shape index (κ3) is 14.3. The highest BCUT2D eigenvalue weighted by Crippen LogP contribution is 2.36. The molecule has 1 aromatic carbocycles. The Bertz CT molecular complexity index is 1400. The predicted octanol–water partition coefficient (Wildman–Crippen LogP) is 6.15. The standard InChI is InChI=1S/C23H29N3O3.C2F6NO4S2/c1-2-3-8-20-13-16-26(17-14-20)15-6-4-5-7-18-29-23(28)25-22-11-9-21(10-12-22)24-19-27;3-1(4,5)14(10,11)9-15(12,13)2(6,7)8/h9-14,16-17H,2-8,15,18H2,1H3;/q;-1/p+1. The first-order chi connectivity index (χ1) is 20.4. The van der Waals surface area contributed by atoms with Gasteiger partial charge in [0, 0.05) is 24.2 Å². The molecule has 0 aliphatic rings. The van der Waals surface area contributed by atoms with Crippen molar-refractivity contribution in [3.8, 4) is 0 Å². The van der Waals surface area contributed by atoms with Gasteiger partial charge in [0.25, 0.3) is 0 Å². The minimum Gasteiger partial charge on any atom is -0.449 e. The van der Waals surface area contributed by atoms with Crippen molar-refractivity contribution in [2.45, 2.75) is 69.4 Å². The Hall–Kier alpha value is -3.54. The van der Waals surface area contributed by atoms with Crippen LogP contribution < -0.4 is 9.88 Å². The first-order valence-corrected chi connectivity index (χ1v) is 15.8. The Morgan fingerprint density at radius 2 is 1.43 bits per heavy atom. The number of halogens is 6. The average molecular weight is 677 g/mol. The third-order valence-corrected chi connectivity index (χ3v) is 8.13. The van der Waals surface area contributed by atoms with Gasteiger partial charge in [-0.05, 0) is 61.9 Å². The summed E-state index contributed by atoms with van der Waals surface area (Å²) in [6, 6.07) is 11.0. The van der Waals surface area contributed by atoms with Crippen LogP contribution in [0.15, 0.2) is 53.8 Å². The van der Waals surface area contributed by atoms with Gasteiger partial charge in [0.05, 0.1) is 12.3 Å². The van der Waals surface area contributed by atoms with Crippen molar-refractivity contribution in [2.75, 3.05) is 11.9 Å². The second-order valence-electron chi connectivity index (χ2n) is 8.89. The highest BCUT2D eigenvalue weighted by atomic mass is 32.3. The van der Waals surface area contributed by atoms with Gasteiger partial charge in [-0.3, -0.25) is 5.32 Å². The molecule has 0 saturated carbocycles. The van der Waals surface area contributed by atoms with Crippen LogP contribution in [0.1, 0.15) is 51.0 Å². The number of ether oxygens (including phenoxy) is 1. The number of sulfonamides is 2. The smallest absolute Gasteiger partial charge is 0.449 e. The van der Waals surface area contributed by atoms with Gasteiger partial charge in [0.15, 0.2) is 32.4 Å². The van der Waals surface area contributed by atoms with E-state index in [-0.39, 0.29) is 0 Å². The minimum atomic E-state index is -6.72. The van der Waals surface area contributed by atoms with Crippen LogP contribution in [0.2, 0.25) is 0 Å². The van der Waals surface area contributed by atoms with Crippen LogP contribution in [0, 0.1) is 0 Å².